The molecule has 0 unspecified atom stereocenters. The highest BCUT2D eigenvalue weighted by atomic mass is 32.3. The van der Waals surface area contributed by atoms with E-state index in [4.69, 9.17) is 10.3 Å². The average Bonchev–Trinajstić information content (AvgIpc) is 3.35. The summed E-state index contributed by atoms with van der Waals surface area (Å²) in [6.07, 6.45) is 2.66. The van der Waals surface area contributed by atoms with Gasteiger partial charge in [-0.3, -0.25) is 4.55 Å². The molecule has 4 aromatic rings. The van der Waals surface area contributed by atoms with Crippen LogP contribution in [0.1, 0.15) is 23.5 Å². The molecular weight excluding hydrogens is 480 g/mol. The maximum atomic E-state index is 11.2. The summed E-state index contributed by atoms with van der Waals surface area (Å²) in [7, 11) is -4.15. The summed E-state index contributed by atoms with van der Waals surface area (Å²) >= 11 is 1.06. The van der Waals surface area contributed by atoms with Gasteiger partial charge >= 0.3 is 10.1 Å². The van der Waals surface area contributed by atoms with Crippen LogP contribution in [0.5, 0.6) is 0 Å². The molecule has 3 heterocycles. The molecule has 1 saturated heterocycles. The van der Waals surface area contributed by atoms with Crippen molar-refractivity contribution in [3.8, 4) is 0 Å². The Morgan fingerprint density at radius 1 is 1.00 bits per heavy atom. The van der Waals surface area contributed by atoms with Crippen LogP contribution in [0.3, 0.4) is 0 Å². The van der Waals surface area contributed by atoms with E-state index in [0.717, 1.165) is 59.8 Å². The molecule has 5 rings (SSSR count). The number of aromatic nitrogens is 1. The Hall–Kier alpha value is -2.82. The second-order valence-electron chi connectivity index (χ2n) is 8.28. The minimum Gasteiger partial charge on any atom is -0.354 e. The third kappa shape index (κ3) is 6.45. The van der Waals surface area contributed by atoms with Crippen LogP contribution in [0.15, 0.2) is 83.2 Å². The third-order valence-electron chi connectivity index (χ3n) is 5.93. The highest BCUT2D eigenvalue weighted by Gasteiger charge is 2.19. The normalized spacial score (nSPS) is 14.1. The van der Waals surface area contributed by atoms with Gasteiger partial charge in [-0.15, -0.1) is 11.3 Å². The van der Waals surface area contributed by atoms with Crippen LogP contribution >= 0.6 is 11.3 Å². The summed E-state index contributed by atoms with van der Waals surface area (Å²) in [5, 5.41) is 4.04. The molecule has 0 aliphatic carbocycles. The largest absolute Gasteiger partial charge is 0.354 e. The number of nitrogens with one attached hydrogen (secondary N) is 1. The van der Waals surface area contributed by atoms with Crippen molar-refractivity contribution in [2.24, 2.45) is 5.73 Å². The van der Waals surface area contributed by atoms with Crippen molar-refractivity contribution < 1.29 is 13.0 Å². The number of benzene rings is 2. The number of nitrogens with zero attached hydrogens (tertiary/aromatic N) is 2. The van der Waals surface area contributed by atoms with Crippen LogP contribution in [0.2, 0.25) is 0 Å². The van der Waals surface area contributed by atoms with Crippen molar-refractivity contribution in [1.29, 1.82) is 0 Å². The van der Waals surface area contributed by atoms with E-state index in [1.54, 1.807) is 12.3 Å². The number of nitrogens with two attached hydrogens (primary N) is 1. The molecule has 2 aromatic carbocycles. The Morgan fingerprint density at radius 2 is 1.60 bits per heavy atom. The van der Waals surface area contributed by atoms with Crippen molar-refractivity contribution >= 4 is 37.4 Å². The Labute approximate surface area is 210 Å². The van der Waals surface area contributed by atoms with Gasteiger partial charge in [0.15, 0.2) is 0 Å². The Bertz CT molecular complexity index is 1280. The number of anilines is 1. The van der Waals surface area contributed by atoms with Gasteiger partial charge in [0.2, 0.25) is 0 Å². The molecule has 0 saturated carbocycles. The molecule has 35 heavy (non-hydrogen) atoms. The number of hydrogen-bond acceptors (Lipinski definition) is 7. The lowest BCUT2D eigenvalue weighted by molar-refractivity contribution is 0.485. The summed E-state index contributed by atoms with van der Waals surface area (Å²) in [5.41, 5.74) is 8.40. The monoisotopic (exact) mass is 510 g/mol. The summed E-state index contributed by atoms with van der Waals surface area (Å²) in [6, 6.07) is 24.4. The molecule has 0 amide bonds. The first kappa shape index (κ1) is 25.3. The number of pyridine rings is 1. The van der Waals surface area contributed by atoms with Gasteiger partial charge in [-0.25, -0.2) is 4.98 Å². The van der Waals surface area contributed by atoms with Gasteiger partial charge in [-0.05, 0) is 36.2 Å². The van der Waals surface area contributed by atoms with Gasteiger partial charge in [0.25, 0.3) is 0 Å². The lowest BCUT2D eigenvalue weighted by Crippen LogP contribution is -2.43. The highest BCUT2D eigenvalue weighted by Crippen LogP contribution is 2.34. The fraction of sp³-hybridized carbons (Fsp3) is 0.269. The van der Waals surface area contributed by atoms with E-state index in [1.165, 1.54) is 17.2 Å². The molecule has 184 valence electrons. The van der Waals surface area contributed by atoms with Crippen molar-refractivity contribution in [3.63, 3.8) is 0 Å². The van der Waals surface area contributed by atoms with E-state index in [9.17, 15) is 8.42 Å². The number of thiophene rings is 1. The van der Waals surface area contributed by atoms with Crippen LogP contribution in [-0.2, 0) is 10.1 Å². The van der Waals surface area contributed by atoms with Gasteiger partial charge < -0.3 is 16.0 Å². The van der Waals surface area contributed by atoms with Crippen LogP contribution in [0.4, 0.5) is 5.82 Å². The van der Waals surface area contributed by atoms with Gasteiger partial charge in [0.1, 0.15) is 10.0 Å². The molecule has 0 spiro atoms. The second kappa shape index (κ2) is 11.7. The second-order valence-corrected chi connectivity index (χ2v) is 11.0. The Morgan fingerprint density at radius 3 is 2.14 bits per heavy atom. The van der Waals surface area contributed by atoms with Crippen molar-refractivity contribution in [2.45, 2.75) is 16.5 Å². The molecule has 0 bridgehead atoms. The summed E-state index contributed by atoms with van der Waals surface area (Å²) in [5.74, 6) is 1.21. The van der Waals surface area contributed by atoms with Gasteiger partial charge in [-0.2, -0.15) is 8.42 Å². The molecule has 7 nitrogen and oxygen atoms in total. The smallest absolute Gasteiger partial charge is 0.304 e. The summed E-state index contributed by atoms with van der Waals surface area (Å²) in [6.45, 7) is 4.15. The molecule has 0 atom stereocenters. The number of fused-ring (bicyclic) bond motifs is 1. The molecule has 1 aliphatic rings. The first-order chi connectivity index (χ1) is 17.0. The van der Waals surface area contributed by atoms with Crippen LogP contribution in [0, 0.1) is 0 Å². The maximum absolute atomic E-state index is 11.2. The first-order valence-electron chi connectivity index (χ1n) is 11.6. The maximum Gasteiger partial charge on any atom is 0.304 e. The summed E-state index contributed by atoms with van der Waals surface area (Å²) in [4.78, 5) is 6.48. The van der Waals surface area contributed by atoms with Crippen molar-refractivity contribution in [2.75, 3.05) is 37.6 Å². The van der Waals surface area contributed by atoms with E-state index < -0.39 is 10.1 Å². The molecule has 1 aliphatic heterocycles. The predicted molar refractivity (Wildman–Crippen MR) is 143 cm³/mol. The molecule has 9 heteroatoms. The lowest BCUT2D eigenvalue weighted by Gasteiger charge is -2.28. The molecule has 0 radical (unpaired) electrons. The van der Waals surface area contributed by atoms with E-state index >= 15 is 0 Å². The van der Waals surface area contributed by atoms with Crippen LogP contribution in [0.25, 0.3) is 10.1 Å². The fourth-order valence-electron chi connectivity index (χ4n) is 4.24. The molecular formula is C26H30N4O3S2. The fourth-order valence-corrected chi connectivity index (χ4v) is 5.98. The van der Waals surface area contributed by atoms with Gasteiger partial charge in [-0.1, -0.05) is 60.7 Å². The highest BCUT2D eigenvalue weighted by molar-refractivity contribution is 7.88. The van der Waals surface area contributed by atoms with E-state index in [2.05, 4.69) is 63.7 Å². The third-order valence-corrected chi connectivity index (χ3v) is 8.33. The minimum atomic E-state index is -4.15. The Kier molecular flexibility index (Phi) is 8.48. The minimum absolute atomic E-state index is 0.0353. The van der Waals surface area contributed by atoms with Crippen LogP contribution < -0.4 is 16.0 Å². The molecule has 2 aromatic heterocycles. The topological polar surface area (TPSA) is 109 Å². The predicted octanol–water partition coefficient (Wildman–Crippen LogP) is 4.12. The molecule has 4 N–H and O–H groups in total. The zero-order valence-electron chi connectivity index (χ0n) is 19.4. The zero-order chi connectivity index (χ0) is 24.7. The number of rotatable bonds is 6. The van der Waals surface area contributed by atoms with Crippen LogP contribution in [-0.4, -0.2) is 50.7 Å². The van der Waals surface area contributed by atoms with E-state index in [-0.39, 0.29) is 4.21 Å². The van der Waals surface area contributed by atoms with Gasteiger partial charge in [0.05, 0.1) is 0 Å². The molecule has 1 fully saturated rings. The Balaban J connectivity index is 0.000000168. The summed E-state index contributed by atoms with van der Waals surface area (Å²) < 4.78 is 32.3. The standard InChI is InChI=1S/C15H17N.C11H13N3O3S2/c16-12-11-15(13-7-3-1-4-8-13)14-9-5-2-6-10-14;15-19(16,17)10-7-8-9(18-10)1-2-13-11(8)14-5-3-12-4-6-14/h1-10,15H,11-12,16H2;1-2,7,12H,3-6H2,(H,15,16,17). The zero-order valence-corrected chi connectivity index (χ0v) is 21.0. The average molecular weight is 511 g/mol. The number of hydrogen-bond donors (Lipinski definition) is 3. The quantitative estimate of drug-likeness (QED) is 0.335. The lowest BCUT2D eigenvalue weighted by atomic mass is 9.89. The van der Waals surface area contributed by atoms with Crippen molar-refractivity contribution in [3.05, 3.63) is 90.1 Å². The van der Waals surface area contributed by atoms with Gasteiger partial charge in [0, 0.05) is 48.4 Å². The number of piperazine rings is 1. The first-order valence-corrected chi connectivity index (χ1v) is 13.8. The van der Waals surface area contributed by atoms with E-state index in [1.807, 2.05) is 12.1 Å². The SMILES string of the molecule is NCCC(c1ccccc1)c1ccccc1.O=S(=O)(O)c1cc2c(N3CCNCC3)nccc2s1. The van der Waals surface area contributed by atoms with E-state index in [0.29, 0.717) is 12.5 Å². The van der Waals surface area contributed by atoms with Crippen molar-refractivity contribution in [1.82, 2.24) is 10.3 Å².